The Morgan fingerprint density at radius 3 is 2.40 bits per heavy atom. The van der Waals surface area contributed by atoms with E-state index in [1.165, 1.54) is 12.1 Å². The zero-order valence-corrected chi connectivity index (χ0v) is 8.01. The number of benzene rings is 1. The van der Waals surface area contributed by atoms with Crippen LogP contribution in [0.15, 0.2) is 18.2 Å². The Hall–Kier alpha value is -1.65. The van der Waals surface area contributed by atoms with Crippen LogP contribution in [0, 0.1) is 11.6 Å². The topological polar surface area (TPSA) is 38.3 Å². The highest BCUT2D eigenvalue weighted by Crippen LogP contribution is 2.26. The molecule has 1 atom stereocenters. The number of cyclic esters (lactones) is 1. The average Bonchev–Trinajstić information content (AvgIpc) is 2.46. The number of carbonyl (C=O) groups is 1. The number of carbonyl (C=O) groups excluding carboxylic acids is 1. The van der Waals surface area contributed by atoms with Gasteiger partial charge in [-0.25, -0.2) is 13.6 Å². The van der Waals surface area contributed by atoms with E-state index < -0.39 is 23.3 Å². The number of hydrogen-bond donors (Lipinski definition) is 1. The second-order valence-electron chi connectivity index (χ2n) is 3.69. The molecule has 1 unspecified atom stereocenters. The predicted molar refractivity (Wildman–Crippen MR) is 48.2 cm³/mol. The third-order valence-electron chi connectivity index (χ3n) is 2.37. The van der Waals surface area contributed by atoms with Crippen LogP contribution in [0.2, 0.25) is 0 Å². The summed E-state index contributed by atoms with van der Waals surface area (Å²) in [4.78, 5) is 10.9. The summed E-state index contributed by atoms with van der Waals surface area (Å²) in [5.41, 5.74) is -0.508. The molecular weight excluding hydrogens is 204 g/mol. The molecule has 0 aromatic heterocycles. The number of hydrogen-bond acceptors (Lipinski definition) is 2. The van der Waals surface area contributed by atoms with Crippen LogP contribution in [0.3, 0.4) is 0 Å². The van der Waals surface area contributed by atoms with E-state index in [1.54, 1.807) is 6.92 Å². The summed E-state index contributed by atoms with van der Waals surface area (Å²) in [6.07, 6.45) is -0.581. The van der Waals surface area contributed by atoms with Crippen LogP contribution in [0.5, 0.6) is 0 Å². The fraction of sp³-hybridized carbons (Fsp3) is 0.300. The van der Waals surface area contributed by atoms with Gasteiger partial charge in [0.15, 0.2) is 0 Å². The lowest BCUT2D eigenvalue weighted by atomic mass is 9.93. The maximum Gasteiger partial charge on any atom is 0.408 e. The first-order valence-electron chi connectivity index (χ1n) is 4.41. The summed E-state index contributed by atoms with van der Waals surface area (Å²) in [5, 5.41) is 2.51. The molecule has 1 N–H and O–H groups in total. The van der Waals surface area contributed by atoms with Crippen molar-refractivity contribution in [2.45, 2.75) is 12.5 Å². The van der Waals surface area contributed by atoms with Crippen molar-refractivity contribution in [2.75, 3.05) is 6.61 Å². The fourth-order valence-electron chi connectivity index (χ4n) is 1.54. The number of amides is 1. The Bertz CT molecular complexity index is 402. The maximum absolute atomic E-state index is 13.0. The fourth-order valence-corrected chi connectivity index (χ4v) is 1.54. The van der Waals surface area contributed by atoms with Gasteiger partial charge in [0.25, 0.3) is 0 Å². The average molecular weight is 213 g/mol. The highest BCUT2D eigenvalue weighted by Gasteiger charge is 2.37. The number of halogens is 2. The molecule has 0 bridgehead atoms. The Balaban J connectivity index is 2.40. The number of nitrogens with one attached hydrogen (secondary N) is 1. The molecule has 5 heteroatoms. The van der Waals surface area contributed by atoms with Crippen LogP contribution in [0.1, 0.15) is 12.5 Å². The van der Waals surface area contributed by atoms with Crippen molar-refractivity contribution >= 4 is 6.09 Å². The zero-order valence-electron chi connectivity index (χ0n) is 8.01. The van der Waals surface area contributed by atoms with E-state index in [-0.39, 0.29) is 6.61 Å². The molecule has 0 spiro atoms. The van der Waals surface area contributed by atoms with Crippen LogP contribution in [0.4, 0.5) is 13.6 Å². The van der Waals surface area contributed by atoms with Gasteiger partial charge in [0, 0.05) is 6.07 Å². The molecule has 15 heavy (non-hydrogen) atoms. The van der Waals surface area contributed by atoms with Crippen molar-refractivity contribution in [1.29, 1.82) is 0 Å². The molecule has 1 aromatic rings. The molecule has 80 valence electrons. The molecule has 0 radical (unpaired) electrons. The molecule has 1 aromatic carbocycles. The molecule has 0 saturated carbocycles. The summed E-state index contributed by atoms with van der Waals surface area (Å²) in [7, 11) is 0. The van der Waals surface area contributed by atoms with Gasteiger partial charge < -0.3 is 10.1 Å². The van der Waals surface area contributed by atoms with Gasteiger partial charge in [0.1, 0.15) is 23.8 Å². The van der Waals surface area contributed by atoms with Gasteiger partial charge in [0.2, 0.25) is 0 Å². The van der Waals surface area contributed by atoms with Gasteiger partial charge in [0.05, 0.1) is 0 Å². The van der Waals surface area contributed by atoms with Crippen molar-refractivity contribution in [3.05, 3.63) is 35.4 Å². The molecule has 1 amide bonds. The minimum atomic E-state index is -0.861. The van der Waals surface area contributed by atoms with Crippen LogP contribution in [0.25, 0.3) is 0 Å². The Morgan fingerprint density at radius 2 is 1.93 bits per heavy atom. The van der Waals surface area contributed by atoms with Gasteiger partial charge >= 0.3 is 6.09 Å². The van der Waals surface area contributed by atoms with Crippen LogP contribution in [-0.2, 0) is 10.3 Å². The third kappa shape index (κ3) is 1.77. The second kappa shape index (κ2) is 3.18. The van der Waals surface area contributed by atoms with Crippen LogP contribution in [-0.4, -0.2) is 12.7 Å². The van der Waals surface area contributed by atoms with E-state index in [2.05, 4.69) is 5.32 Å². The van der Waals surface area contributed by atoms with Crippen molar-refractivity contribution in [3.63, 3.8) is 0 Å². The summed E-state index contributed by atoms with van der Waals surface area (Å²) < 4.78 is 30.6. The van der Waals surface area contributed by atoms with E-state index >= 15 is 0 Å². The van der Waals surface area contributed by atoms with Gasteiger partial charge in [-0.05, 0) is 24.6 Å². The second-order valence-corrected chi connectivity index (χ2v) is 3.69. The molecule has 1 heterocycles. The van der Waals surface area contributed by atoms with Gasteiger partial charge in [-0.2, -0.15) is 0 Å². The van der Waals surface area contributed by atoms with Gasteiger partial charge in [-0.15, -0.1) is 0 Å². The molecule has 1 aliphatic heterocycles. The van der Waals surface area contributed by atoms with Crippen molar-refractivity contribution < 1.29 is 18.3 Å². The normalized spacial score (nSPS) is 24.9. The summed E-state index contributed by atoms with van der Waals surface area (Å²) in [6, 6.07) is 3.14. The molecule has 1 aliphatic rings. The number of rotatable bonds is 1. The quantitative estimate of drug-likeness (QED) is 0.773. The molecule has 2 rings (SSSR count). The molecule has 0 aliphatic carbocycles. The minimum Gasteiger partial charge on any atom is -0.447 e. The number of alkyl carbamates (subject to hydrolysis) is 1. The largest absolute Gasteiger partial charge is 0.447 e. The molecule has 1 fully saturated rings. The first-order valence-corrected chi connectivity index (χ1v) is 4.41. The summed E-state index contributed by atoms with van der Waals surface area (Å²) >= 11 is 0. The van der Waals surface area contributed by atoms with Crippen molar-refractivity contribution in [1.82, 2.24) is 5.32 Å². The van der Waals surface area contributed by atoms with Gasteiger partial charge in [-0.1, -0.05) is 0 Å². The van der Waals surface area contributed by atoms with Crippen molar-refractivity contribution in [3.8, 4) is 0 Å². The van der Waals surface area contributed by atoms with E-state index in [0.29, 0.717) is 5.56 Å². The Morgan fingerprint density at radius 1 is 1.33 bits per heavy atom. The maximum atomic E-state index is 13.0. The standard InChI is InChI=1S/C10H9F2NO2/c1-10(5-15-9(14)13-10)6-2-7(11)4-8(12)3-6/h2-4H,5H2,1H3,(H,13,14). The first-order chi connectivity index (χ1) is 6.99. The van der Waals surface area contributed by atoms with E-state index in [9.17, 15) is 13.6 Å². The highest BCUT2D eigenvalue weighted by atomic mass is 19.1. The number of ether oxygens (including phenoxy) is 1. The lowest BCUT2D eigenvalue weighted by Gasteiger charge is -2.21. The smallest absolute Gasteiger partial charge is 0.408 e. The van der Waals surface area contributed by atoms with Crippen LogP contribution < -0.4 is 5.32 Å². The van der Waals surface area contributed by atoms with E-state index in [1.807, 2.05) is 0 Å². The van der Waals surface area contributed by atoms with E-state index in [0.717, 1.165) is 6.07 Å². The molecule has 1 saturated heterocycles. The Kier molecular flexibility index (Phi) is 2.10. The minimum absolute atomic E-state index is 0.0642. The monoisotopic (exact) mass is 213 g/mol. The van der Waals surface area contributed by atoms with E-state index in [4.69, 9.17) is 4.74 Å². The van der Waals surface area contributed by atoms with Gasteiger partial charge in [-0.3, -0.25) is 0 Å². The molecular formula is C10H9F2NO2. The SMILES string of the molecule is CC1(c2cc(F)cc(F)c2)COC(=O)N1. The summed E-state index contributed by atoms with van der Waals surface area (Å²) in [5.74, 6) is -1.35. The summed E-state index contributed by atoms with van der Waals surface area (Å²) in [6.45, 7) is 1.71. The molecule has 3 nitrogen and oxygen atoms in total. The predicted octanol–water partition coefficient (Wildman–Crippen LogP) is 1.92. The van der Waals surface area contributed by atoms with Crippen molar-refractivity contribution in [2.24, 2.45) is 0 Å². The zero-order chi connectivity index (χ0) is 11.1. The first kappa shape index (κ1) is 9.89. The lowest BCUT2D eigenvalue weighted by molar-refractivity contribution is 0.173. The third-order valence-corrected chi connectivity index (χ3v) is 2.37. The lowest BCUT2D eigenvalue weighted by Crippen LogP contribution is -2.37. The Labute approximate surface area is 85.0 Å². The highest BCUT2D eigenvalue weighted by molar-refractivity contribution is 5.71. The van der Waals surface area contributed by atoms with Crippen LogP contribution >= 0.6 is 0 Å².